The van der Waals surface area contributed by atoms with Crippen molar-refractivity contribution < 1.29 is 22.7 Å². The van der Waals surface area contributed by atoms with Crippen LogP contribution in [0.3, 0.4) is 0 Å². The summed E-state index contributed by atoms with van der Waals surface area (Å²) in [4.78, 5) is 12.4. The van der Waals surface area contributed by atoms with E-state index in [4.69, 9.17) is 9.47 Å². The topological polar surface area (TPSA) is 72.9 Å². The van der Waals surface area contributed by atoms with Gasteiger partial charge in [-0.3, -0.25) is 4.31 Å². The van der Waals surface area contributed by atoms with Crippen LogP contribution in [0.25, 0.3) is 0 Å². The van der Waals surface area contributed by atoms with Crippen molar-refractivity contribution in [3.05, 3.63) is 89.5 Å². The number of hydrogen-bond acceptors (Lipinski definition) is 5. The zero-order valence-corrected chi connectivity index (χ0v) is 18.7. The van der Waals surface area contributed by atoms with E-state index in [2.05, 4.69) is 0 Å². The first-order valence-electron chi connectivity index (χ1n) is 10.5. The van der Waals surface area contributed by atoms with E-state index in [-0.39, 0.29) is 18.1 Å². The maximum Gasteiger partial charge on any atom is 0.338 e. The Kier molecular flexibility index (Phi) is 6.46. The molecular weight excluding hydrogens is 426 g/mol. The van der Waals surface area contributed by atoms with Crippen LogP contribution in [0.2, 0.25) is 0 Å². The molecule has 1 heterocycles. The van der Waals surface area contributed by atoms with Gasteiger partial charge in [0.1, 0.15) is 19.0 Å². The Morgan fingerprint density at radius 2 is 1.66 bits per heavy atom. The van der Waals surface area contributed by atoms with Crippen LogP contribution in [0.4, 0.5) is 5.69 Å². The number of ether oxygens (including phenoxy) is 2. The summed E-state index contributed by atoms with van der Waals surface area (Å²) in [6.45, 7) is 2.75. The summed E-state index contributed by atoms with van der Waals surface area (Å²) in [7, 11) is -3.71. The van der Waals surface area contributed by atoms with Crippen LogP contribution in [0.5, 0.6) is 5.75 Å². The van der Waals surface area contributed by atoms with Gasteiger partial charge >= 0.3 is 5.97 Å². The third-order valence-electron chi connectivity index (χ3n) is 5.35. The quantitative estimate of drug-likeness (QED) is 0.394. The SMILES string of the molecule is Cc1ccc(OCCOC(=O)c2ccc(S(=O)(=O)N3CCCc4ccccc43)cc2)cc1. The molecular formula is C25H25NO5S. The Morgan fingerprint density at radius 1 is 0.938 bits per heavy atom. The van der Waals surface area contributed by atoms with Crippen LogP contribution in [0, 0.1) is 6.92 Å². The molecule has 166 valence electrons. The van der Waals surface area contributed by atoms with Gasteiger partial charge in [0.05, 0.1) is 16.1 Å². The van der Waals surface area contributed by atoms with Gasteiger partial charge in [-0.1, -0.05) is 35.9 Å². The Bertz CT molecular complexity index is 1190. The molecule has 0 saturated heterocycles. The van der Waals surface area contributed by atoms with Crippen LogP contribution < -0.4 is 9.04 Å². The van der Waals surface area contributed by atoms with Gasteiger partial charge in [0.25, 0.3) is 10.0 Å². The average molecular weight is 452 g/mol. The lowest BCUT2D eigenvalue weighted by Gasteiger charge is -2.30. The zero-order chi connectivity index (χ0) is 22.6. The van der Waals surface area contributed by atoms with Crippen molar-refractivity contribution in [2.75, 3.05) is 24.1 Å². The summed E-state index contributed by atoms with van der Waals surface area (Å²) in [6, 6.07) is 21.0. The smallest absolute Gasteiger partial charge is 0.338 e. The fraction of sp³-hybridized carbons (Fsp3) is 0.240. The monoisotopic (exact) mass is 451 g/mol. The molecule has 0 unspecified atom stereocenters. The number of esters is 1. The summed E-state index contributed by atoms with van der Waals surface area (Å²) >= 11 is 0. The predicted octanol–water partition coefficient (Wildman–Crippen LogP) is 4.37. The molecule has 3 aromatic carbocycles. The lowest BCUT2D eigenvalue weighted by molar-refractivity contribution is 0.0450. The van der Waals surface area contributed by atoms with E-state index in [0.717, 1.165) is 29.7 Å². The van der Waals surface area contributed by atoms with Crippen molar-refractivity contribution in [1.82, 2.24) is 0 Å². The molecule has 0 aliphatic carbocycles. The lowest BCUT2D eigenvalue weighted by Crippen LogP contribution is -2.35. The second-order valence-electron chi connectivity index (χ2n) is 7.63. The number of nitrogens with zero attached hydrogens (tertiary/aromatic N) is 1. The molecule has 0 spiro atoms. The van der Waals surface area contributed by atoms with Gasteiger partial charge in [-0.05, 0) is 67.8 Å². The van der Waals surface area contributed by atoms with Crippen LogP contribution in [-0.2, 0) is 21.2 Å². The first-order chi connectivity index (χ1) is 15.4. The average Bonchev–Trinajstić information content (AvgIpc) is 2.82. The molecule has 0 atom stereocenters. The molecule has 1 aliphatic rings. The highest BCUT2D eigenvalue weighted by Crippen LogP contribution is 2.31. The van der Waals surface area contributed by atoms with Crippen molar-refractivity contribution in [3.63, 3.8) is 0 Å². The summed E-state index contributed by atoms with van der Waals surface area (Å²) in [5, 5.41) is 0. The molecule has 0 aromatic heterocycles. The van der Waals surface area contributed by atoms with Gasteiger partial charge in [0.2, 0.25) is 0 Å². The minimum atomic E-state index is -3.71. The summed E-state index contributed by atoms with van der Waals surface area (Å²) in [5.41, 5.74) is 3.17. The van der Waals surface area contributed by atoms with Gasteiger partial charge in [-0.25, -0.2) is 13.2 Å². The number of benzene rings is 3. The highest BCUT2D eigenvalue weighted by Gasteiger charge is 2.29. The number of hydrogen-bond donors (Lipinski definition) is 0. The van der Waals surface area contributed by atoms with Crippen molar-refractivity contribution in [2.24, 2.45) is 0 Å². The number of sulfonamides is 1. The Hall–Kier alpha value is -3.32. The Balaban J connectivity index is 1.37. The Morgan fingerprint density at radius 3 is 2.41 bits per heavy atom. The van der Waals surface area contributed by atoms with E-state index < -0.39 is 16.0 Å². The molecule has 0 radical (unpaired) electrons. The maximum atomic E-state index is 13.2. The van der Waals surface area contributed by atoms with Crippen molar-refractivity contribution in [2.45, 2.75) is 24.7 Å². The van der Waals surface area contributed by atoms with Crippen LogP contribution >= 0.6 is 0 Å². The second kappa shape index (κ2) is 9.44. The van der Waals surface area contributed by atoms with Gasteiger partial charge in [0.15, 0.2) is 0 Å². The van der Waals surface area contributed by atoms with Crippen molar-refractivity contribution in [3.8, 4) is 5.75 Å². The molecule has 32 heavy (non-hydrogen) atoms. The highest BCUT2D eigenvalue weighted by molar-refractivity contribution is 7.92. The normalized spacial score (nSPS) is 13.3. The molecule has 7 heteroatoms. The van der Waals surface area contributed by atoms with E-state index in [9.17, 15) is 13.2 Å². The first-order valence-corrected chi connectivity index (χ1v) is 12.0. The molecule has 6 nitrogen and oxygen atoms in total. The van der Waals surface area contributed by atoms with Gasteiger partial charge in [-0.2, -0.15) is 0 Å². The summed E-state index contributed by atoms with van der Waals surface area (Å²) in [5.74, 6) is 0.185. The number of para-hydroxylation sites is 1. The van der Waals surface area contributed by atoms with E-state index >= 15 is 0 Å². The first kappa shape index (κ1) is 21.9. The van der Waals surface area contributed by atoms with E-state index in [1.807, 2.05) is 55.5 Å². The number of carbonyl (C=O) groups is 1. The van der Waals surface area contributed by atoms with E-state index in [0.29, 0.717) is 17.9 Å². The van der Waals surface area contributed by atoms with Crippen LogP contribution in [0.15, 0.2) is 77.7 Å². The minimum Gasteiger partial charge on any atom is -0.490 e. The van der Waals surface area contributed by atoms with Crippen molar-refractivity contribution >= 4 is 21.7 Å². The third-order valence-corrected chi connectivity index (χ3v) is 7.18. The molecule has 0 amide bonds. The third kappa shape index (κ3) is 4.78. The van der Waals surface area contributed by atoms with Crippen LogP contribution in [-0.4, -0.2) is 34.1 Å². The predicted molar refractivity (Wildman–Crippen MR) is 123 cm³/mol. The fourth-order valence-corrected chi connectivity index (χ4v) is 5.19. The van der Waals surface area contributed by atoms with Crippen molar-refractivity contribution in [1.29, 1.82) is 0 Å². The largest absolute Gasteiger partial charge is 0.490 e. The fourth-order valence-electron chi connectivity index (χ4n) is 3.65. The zero-order valence-electron chi connectivity index (χ0n) is 17.9. The van der Waals surface area contributed by atoms with Gasteiger partial charge < -0.3 is 9.47 Å². The summed E-state index contributed by atoms with van der Waals surface area (Å²) in [6.07, 6.45) is 1.63. The molecule has 1 aliphatic heterocycles. The number of fused-ring (bicyclic) bond motifs is 1. The number of rotatable bonds is 7. The standard InChI is InChI=1S/C25H25NO5S/c1-19-8-12-22(13-9-19)30-17-18-31-25(27)21-10-14-23(15-11-21)32(28,29)26-16-4-6-20-5-2-3-7-24(20)26/h2-3,5,7-15H,4,6,16-18H2,1H3. The number of aryl methyl sites for hydroxylation is 2. The highest BCUT2D eigenvalue weighted by atomic mass is 32.2. The number of carbonyl (C=O) groups excluding carboxylic acids is 1. The molecule has 0 fully saturated rings. The van der Waals surface area contributed by atoms with Gasteiger partial charge in [0, 0.05) is 6.54 Å². The molecule has 4 rings (SSSR count). The Labute approximate surface area is 188 Å². The maximum absolute atomic E-state index is 13.2. The molecule has 3 aromatic rings. The molecule has 0 N–H and O–H groups in total. The van der Waals surface area contributed by atoms with E-state index in [1.54, 1.807) is 0 Å². The second-order valence-corrected chi connectivity index (χ2v) is 9.49. The minimum absolute atomic E-state index is 0.0946. The lowest BCUT2D eigenvalue weighted by atomic mass is 10.0. The number of anilines is 1. The molecule has 0 saturated carbocycles. The summed E-state index contributed by atoms with van der Waals surface area (Å²) < 4.78 is 38.6. The van der Waals surface area contributed by atoms with Crippen LogP contribution in [0.1, 0.15) is 27.9 Å². The molecule has 0 bridgehead atoms. The van der Waals surface area contributed by atoms with E-state index in [1.165, 1.54) is 28.6 Å². The van der Waals surface area contributed by atoms with Gasteiger partial charge in [-0.15, -0.1) is 0 Å².